The highest BCUT2D eigenvalue weighted by Crippen LogP contribution is 2.40. The minimum Gasteiger partial charge on any atom is -0.761 e. The molecule has 0 bridgehead atoms. The summed E-state index contributed by atoms with van der Waals surface area (Å²) in [6.45, 7) is 1.85. The van der Waals surface area contributed by atoms with E-state index in [1.165, 1.54) is 24.3 Å². The van der Waals surface area contributed by atoms with E-state index in [9.17, 15) is 14.3 Å². The lowest BCUT2D eigenvalue weighted by Gasteiger charge is -2.21. The SMILES string of the molecule is Cc1ccc(OP(=O)([O-])C(=O)Oc2ccccc2)cc1. The van der Waals surface area contributed by atoms with Gasteiger partial charge in [-0.2, -0.15) is 0 Å². The van der Waals surface area contributed by atoms with Crippen molar-refractivity contribution < 1.29 is 23.5 Å². The fraction of sp³-hybridized carbons (Fsp3) is 0.0714. The van der Waals surface area contributed by atoms with Gasteiger partial charge in [0, 0.05) is 0 Å². The molecule has 2 aromatic rings. The third kappa shape index (κ3) is 3.70. The number of rotatable bonds is 4. The highest BCUT2D eigenvalue weighted by atomic mass is 31.2. The molecule has 0 N–H and O–H groups in total. The molecule has 0 radical (unpaired) electrons. The first-order chi connectivity index (χ1) is 9.47. The van der Waals surface area contributed by atoms with Crippen molar-refractivity contribution in [2.45, 2.75) is 6.92 Å². The number of para-hydroxylation sites is 1. The Hall–Kier alpha value is -2.10. The van der Waals surface area contributed by atoms with E-state index in [2.05, 4.69) is 0 Å². The van der Waals surface area contributed by atoms with Crippen molar-refractivity contribution in [2.24, 2.45) is 0 Å². The summed E-state index contributed by atoms with van der Waals surface area (Å²) in [6.07, 6.45) is 0. The Kier molecular flexibility index (Phi) is 4.23. The standard InChI is InChI=1S/C14H13O5P/c1-11-7-9-13(10-8-11)19-20(16,17)14(15)18-12-5-3-2-4-6-12/h2-10H,1H3,(H,16,17)/p-1. The Morgan fingerprint density at radius 2 is 1.60 bits per heavy atom. The number of carbonyl (C=O) groups excluding carboxylic acids is 1. The van der Waals surface area contributed by atoms with Crippen LogP contribution in [-0.4, -0.2) is 5.71 Å². The molecule has 0 amide bonds. The van der Waals surface area contributed by atoms with Gasteiger partial charge in [0.1, 0.15) is 11.5 Å². The second-order valence-corrected chi connectivity index (χ2v) is 5.63. The first-order valence-electron chi connectivity index (χ1n) is 5.82. The third-order valence-electron chi connectivity index (χ3n) is 2.42. The van der Waals surface area contributed by atoms with Crippen LogP contribution < -0.4 is 14.2 Å². The highest BCUT2D eigenvalue weighted by Gasteiger charge is 2.24. The van der Waals surface area contributed by atoms with E-state index < -0.39 is 13.3 Å². The number of hydrogen-bond donors (Lipinski definition) is 0. The van der Waals surface area contributed by atoms with Gasteiger partial charge < -0.3 is 14.2 Å². The highest BCUT2D eigenvalue weighted by molar-refractivity contribution is 7.69. The zero-order chi connectivity index (χ0) is 14.6. The minimum atomic E-state index is -4.80. The molecule has 0 fully saturated rings. The Bertz CT molecular complexity index is 636. The molecule has 0 heterocycles. The first-order valence-corrected chi connectivity index (χ1v) is 7.36. The van der Waals surface area contributed by atoms with Gasteiger partial charge in [-0.05, 0) is 31.2 Å². The summed E-state index contributed by atoms with van der Waals surface area (Å²) in [6, 6.07) is 14.2. The van der Waals surface area contributed by atoms with Crippen molar-refractivity contribution >= 4 is 13.3 Å². The average Bonchev–Trinajstić information content (AvgIpc) is 2.42. The molecular weight excluding hydrogens is 279 g/mol. The molecule has 1 unspecified atom stereocenters. The van der Waals surface area contributed by atoms with Gasteiger partial charge in [0.05, 0.1) is 0 Å². The number of hydrogen-bond acceptors (Lipinski definition) is 5. The maximum atomic E-state index is 11.7. The van der Waals surface area contributed by atoms with Gasteiger partial charge in [-0.25, -0.2) is 4.79 Å². The van der Waals surface area contributed by atoms with E-state index in [0.29, 0.717) is 0 Å². The zero-order valence-electron chi connectivity index (χ0n) is 10.7. The predicted octanol–water partition coefficient (Wildman–Crippen LogP) is 3.13. The lowest BCUT2D eigenvalue weighted by atomic mass is 10.2. The van der Waals surface area contributed by atoms with Gasteiger partial charge in [0.25, 0.3) is 7.60 Å². The van der Waals surface area contributed by atoms with Gasteiger partial charge in [-0.15, -0.1) is 0 Å². The van der Waals surface area contributed by atoms with E-state index in [0.717, 1.165) is 5.56 Å². The van der Waals surface area contributed by atoms with Crippen molar-refractivity contribution in [2.75, 3.05) is 0 Å². The molecule has 20 heavy (non-hydrogen) atoms. The van der Waals surface area contributed by atoms with E-state index in [-0.39, 0.29) is 11.5 Å². The summed E-state index contributed by atoms with van der Waals surface area (Å²) in [5.74, 6) is 0.208. The average molecular weight is 291 g/mol. The number of carbonyl (C=O) groups is 1. The third-order valence-corrected chi connectivity index (χ3v) is 3.41. The van der Waals surface area contributed by atoms with Gasteiger partial charge in [-0.1, -0.05) is 35.9 Å². The summed E-state index contributed by atoms with van der Waals surface area (Å²) < 4.78 is 21.2. The lowest BCUT2D eigenvalue weighted by Crippen LogP contribution is -2.19. The normalized spacial score (nSPS) is 13.3. The van der Waals surface area contributed by atoms with Crippen LogP contribution in [0, 0.1) is 6.92 Å². The molecule has 5 nitrogen and oxygen atoms in total. The topological polar surface area (TPSA) is 75.7 Å². The summed E-state index contributed by atoms with van der Waals surface area (Å²) >= 11 is 0. The first kappa shape index (κ1) is 14.3. The van der Waals surface area contributed by atoms with Gasteiger partial charge in [0.2, 0.25) is 0 Å². The van der Waals surface area contributed by atoms with Gasteiger partial charge in [-0.3, -0.25) is 4.57 Å². The maximum Gasteiger partial charge on any atom is 0.394 e. The molecule has 1 atom stereocenters. The van der Waals surface area contributed by atoms with Crippen molar-refractivity contribution in [3.8, 4) is 11.5 Å². The van der Waals surface area contributed by atoms with Crippen LogP contribution in [0.2, 0.25) is 0 Å². The van der Waals surface area contributed by atoms with Crippen molar-refractivity contribution in [1.29, 1.82) is 0 Å². The molecule has 0 aliphatic rings. The van der Waals surface area contributed by atoms with E-state index in [1.807, 2.05) is 6.92 Å². The largest absolute Gasteiger partial charge is 0.761 e. The van der Waals surface area contributed by atoms with E-state index >= 15 is 0 Å². The van der Waals surface area contributed by atoms with Crippen molar-refractivity contribution in [3.63, 3.8) is 0 Å². The number of aryl methyl sites for hydroxylation is 1. The van der Waals surface area contributed by atoms with Gasteiger partial charge >= 0.3 is 5.71 Å². The lowest BCUT2D eigenvalue weighted by molar-refractivity contribution is -0.187. The molecule has 104 valence electrons. The molecule has 0 saturated heterocycles. The van der Waals surface area contributed by atoms with Crippen LogP contribution in [0.25, 0.3) is 0 Å². The second-order valence-electron chi connectivity index (χ2n) is 4.08. The zero-order valence-corrected chi connectivity index (χ0v) is 11.6. The van der Waals surface area contributed by atoms with E-state index in [4.69, 9.17) is 9.26 Å². The maximum absolute atomic E-state index is 11.7. The minimum absolute atomic E-state index is 0.0685. The number of benzene rings is 2. The summed E-state index contributed by atoms with van der Waals surface area (Å²) in [5.41, 5.74) is -0.478. The van der Waals surface area contributed by atoms with Crippen LogP contribution >= 0.6 is 7.60 Å². The Morgan fingerprint density at radius 3 is 2.20 bits per heavy atom. The molecule has 6 heteroatoms. The molecule has 2 rings (SSSR count). The molecule has 2 aromatic carbocycles. The Labute approximate surface area is 116 Å². The Balaban J connectivity index is 2.08. The second kappa shape index (κ2) is 5.90. The fourth-order valence-electron chi connectivity index (χ4n) is 1.42. The monoisotopic (exact) mass is 291 g/mol. The van der Waals surface area contributed by atoms with Crippen LogP contribution in [-0.2, 0) is 4.57 Å². The molecule has 0 saturated carbocycles. The summed E-state index contributed by atoms with van der Waals surface area (Å²) in [5, 5.41) is 0. The van der Waals surface area contributed by atoms with Crippen molar-refractivity contribution in [3.05, 3.63) is 60.2 Å². The number of ether oxygens (including phenoxy) is 1. The summed E-state index contributed by atoms with van der Waals surface area (Å²) in [7, 11) is -4.80. The Morgan fingerprint density at radius 1 is 1.00 bits per heavy atom. The van der Waals surface area contributed by atoms with Crippen LogP contribution in [0.3, 0.4) is 0 Å². The smallest absolute Gasteiger partial charge is 0.394 e. The van der Waals surface area contributed by atoms with Crippen LogP contribution in [0.15, 0.2) is 54.6 Å². The predicted molar refractivity (Wildman–Crippen MR) is 71.9 cm³/mol. The molecular formula is C14H12O5P-. The van der Waals surface area contributed by atoms with Crippen molar-refractivity contribution in [1.82, 2.24) is 0 Å². The quantitative estimate of drug-likeness (QED) is 0.809. The molecule has 0 aromatic heterocycles. The fourth-order valence-corrected chi connectivity index (χ4v) is 2.11. The summed E-state index contributed by atoms with van der Waals surface area (Å²) in [4.78, 5) is 23.3. The van der Waals surface area contributed by atoms with Gasteiger partial charge in [0.15, 0.2) is 0 Å². The van der Waals surface area contributed by atoms with Crippen LogP contribution in [0.1, 0.15) is 5.56 Å². The molecule has 0 aliphatic carbocycles. The van der Waals surface area contributed by atoms with E-state index in [1.54, 1.807) is 30.3 Å². The molecule has 0 aliphatic heterocycles. The molecule has 0 spiro atoms. The van der Waals surface area contributed by atoms with Crippen LogP contribution in [0.5, 0.6) is 11.5 Å². The van der Waals surface area contributed by atoms with Crippen LogP contribution in [0.4, 0.5) is 4.79 Å².